The first-order chi connectivity index (χ1) is 12.9. The van der Waals surface area contributed by atoms with Gasteiger partial charge >= 0.3 is 0 Å². The molecule has 0 bridgehead atoms. The van der Waals surface area contributed by atoms with Gasteiger partial charge in [-0.15, -0.1) is 0 Å². The van der Waals surface area contributed by atoms with Crippen molar-refractivity contribution in [3.05, 3.63) is 63.9 Å². The van der Waals surface area contributed by atoms with Crippen LogP contribution in [0.4, 0.5) is 0 Å². The predicted molar refractivity (Wildman–Crippen MR) is 113 cm³/mol. The molecule has 0 spiro atoms. The van der Waals surface area contributed by atoms with Crippen molar-refractivity contribution in [1.29, 1.82) is 0 Å². The fourth-order valence-electron chi connectivity index (χ4n) is 3.94. The highest BCUT2D eigenvalue weighted by Crippen LogP contribution is 2.47. The number of aliphatic hydroxyl groups excluding tert-OH is 1. The van der Waals surface area contributed by atoms with E-state index < -0.39 is 10.8 Å². The third kappa shape index (κ3) is 2.98. The van der Waals surface area contributed by atoms with Gasteiger partial charge in [-0.3, -0.25) is 9.59 Å². The molecule has 0 saturated carbocycles. The minimum Gasteiger partial charge on any atom is -0.510 e. The molecule has 3 rings (SSSR count). The van der Waals surface area contributed by atoms with Gasteiger partial charge in [0.05, 0.1) is 16.4 Å². The molecule has 1 N–H and O–H groups in total. The average Bonchev–Trinajstić information content (AvgIpc) is 2.63. The summed E-state index contributed by atoms with van der Waals surface area (Å²) in [6.07, 6.45) is 0. The molecule has 0 aromatic heterocycles. The minimum absolute atomic E-state index is 0.162. The quantitative estimate of drug-likeness (QED) is 0.624. The molecule has 0 heterocycles. The summed E-state index contributed by atoms with van der Waals surface area (Å²) < 4.78 is 0. The van der Waals surface area contributed by atoms with Gasteiger partial charge in [0.15, 0.2) is 11.6 Å². The zero-order chi connectivity index (χ0) is 21.0. The van der Waals surface area contributed by atoms with Gasteiger partial charge in [-0.2, -0.15) is 0 Å². The van der Waals surface area contributed by atoms with Gasteiger partial charge in [0.25, 0.3) is 0 Å². The fourth-order valence-corrected chi connectivity index (χ4v) is 4.11. The van der Waals surface area contributed by atoms with E-state index in [-0.39, 0.29) is 22.9 Å². The summed E-state index contributed by atoms with van der Waals surface area (Å²) in [5.74, 6) is -0.784. The number of rotatable bonds is 2. The summed E-state index contributed by atoms with van der Waals surface area (Å²) in [7, 11) is 0. The van der Waals surface area contributed by atoms with E-state index in [1.807, 2.05) is 50.2 Å². The standard InChI is InChI=1S/C24H25ClO3/c1-13-8-10-16(25)12-17(13)15-9-7-14(2)18(11-15)19-20(26)23(3,4)22(28)24(5,6)21(19)27/h7-12,26H,1-6H3. The second kappa shape index (κ2) is 6.59. The molecule has 146 valence electrons. The molecule has 1 aliphatic carbocycles. The van der Waals surface area contributed by atoms with Crippen LogP contribution in [0.15, 0.2) is 42.2 Å². The third-order valence-electron chi connectivity index (χ3n) is 5.78. The monoisotopic (exact) mass is 396 g/mol. The molecule has 1 aliphatic rings. The van der Waals surface area contributed by atoms with E-state index in [1.165, 1.54) is 0 Å². The molecule has 2 aromatic rings. The highest BCUT2D eigenvalue weighted by molar-refractivity contribution is 6.34. The largest absolute Gasteiger partial charge is 0.510 e. The Morgan fingerprint density at radius 2 is 1.39 bits per heavy atom. The van der Waals surface area contributed by atoms with Crippen LogP contribution in [0.25, 0.3) is 16.7 Å². The topological polar surface area (TPSA) is 54.4 Å². The molecule has 0 saturated heterocycles. The molecule has 0 aliphatic heterocycles. The molecular formula is C24H25ClO3. The number of hydrogen-bond donors (Lipinski definition) is 1. The van der Waals surface area contributed by atoms with Crippen molar-refractivity contribution in [3.8, 4) is 11.1 Å². The van der Waals surface area contributed by atoms with Crippen molar-refractivity contribution in [1.82, 2.24) is 0 Å². The third-order valence-corrected chi connectivity index (χ3v) is 6.01. The van der Waals surface area contributed by atoms with Gasteiger partial charge in [-0.25, -0.2) is 0 Å². The van der Waals surface area contributed by atoms with Crippen LogP contribution in [0.1, 0.15) is 44.4 Å². The lowest BCUT2D eigenvalue weighted by Crippen LogP contribution is -2.48. The second-order valence-corrected chi connectivity index (χ2v) is 9.06. The van der Waals surface area contributed by atoms with Crippen LogP contribution in [0.5, 0.6) is 0 Å². The molecule has 0 unspecified atom stereocenters. The number of Topliss-reactive ketones (excluding diaryl/α,β-unsaturated/α-hetero) is 2. The molecule has 0 radical (unpaired) electrons. The molecule has 0 atom stereocenters. The van der Waals surface area contributed by atoms with E-state index in [0.717, 1.165) is 22.3 Å². The highest BCUT2D eigenvalue weighted by Gasteiger charge is 2.53. The second-order valence-electron chi connectivity index (χ2n) is 8.62. The molecule has 28 heavy (non-hydrogen) atoms. The number of halogens is 1. The first-order valence-corrected chi connectivity index (χ1v) is 9.67. The van der Waals surface area contributed by atoms with Crippen molar-refractivity contribution in [2.24, 2.45) is 10.8 Å². The van der Waals surface area contributed by atoms with Crippen LogP contribution in [0.3, 0.4) is 0 Å². The Morgan fingerprint density at radius 1 is 0.821 bits per heavy atom. The van der Waals surface area contributed by atoms with Gasteiger partial charge < -0.3 is 5.11 Å². The van der Waals surface area contributed by atoms with Crippen molar-refractivity contribution in [2.75, 3.05) is 0 Å². The number of carbonyl (C=O) groups is 2. The maximum Gasteiger partial charge on any atom is 0.179 e. The lowest BCUT2D eigenvalue weighted by Gasteiger charge is -2.38. The first kappa shape index (κ1) is 20.3. The van der Waals surface area contributed by atoms with Crippen LogP contribution < -0.4 is 0 Å². The number of benzene rings is 2. The minimum atomic E-state index is -1.19. The summed E-state index contributed by atoms with van der Waals surface area (Å²) in [5, 5.41) is 11.6. The molecule has 4 heteroatoms. The van der Waals surface area contributed by atoms with E-state index in [0.29, 0.717) is 10.6 Å². The van der Waals surface area contributed by atoms with Crippen LogP contribution >= 0.6 is 11.6 Å². The van der Waals surface area contributed by atoms with E-state index >= 15 is 0 Å². The summed E-state index contributed by atoms with van der Waals surface area (Å²) in [4.78, 5) is 26.0. The van der Waals surface area contributed by atoms with Crippen LogP contribution in [0.2, 0.25) is 5.02 Å². The van der Waals surface area contributed by atoms with Crippen molar-refractivity contribution < 1.29 is 14.7 Å². The average molecular weight is 397 g/mol. The molecular weight excluding hydrogens is 372 g/mol. The Morgan fingerprint density at radius 3 is 2.04 bits per heavy atom. The molecule has 0 amide bonds. The molecule has 0 fully saturated rings. The van der Waals surface area contributed by atoms with Gasteiger partial charge in [0, 0.05) is 5.02 Å². The molecule has 3 nitrogen and oxygen atoms in total. The van der Waals surface area contributed by atoms with Crippen molar-refractivity contribution >= 4 is 28.7 Å². The zero-order valence-corrected chi connectivity index (χ0v) is 17.9. The summed E-state index contributed by atoms with van der Waals surface area (Å²) in [5.41, 5.74) is 2.35. The van der Waals surface area contributed by atoms with E-state index in [2.05, 4.69) is 0 Å². The van der Waals surface area contributed by atoms with Crippen molar-refractivity contribution in [3.63, 3.8) is 0 Å². The van der Waals surface area contributed by atoms with Crippen LogP contribution in [0, 0.1) is 24.7 Å². The Kier molecular flexibility index (Phi) is 4.79. The summed E-state index contributed by atoms with van der Waals surface area (Å²) >= 11 is 6.18. The Hall–Kier alpha value is -2.39. The highest BCUT2D eigenvalue weighted by atomic mass is 35.5. The van der Waals surface area contributed by atoms with E-state index in [1.54, 1.807) is 27.7 Å². The SMILES string of the molecule is Cc1ccc(-c2cc(Cl)ccc2C)cc1C1=C(O)C(C)(C)C(=O)C(C)(C)C1=O. The predicted octanol–water partition coefficient (Wildman–Crippen LogP) is 6.10. The number of allylic oxidation sites excluding steroid dienone is 2. The lowest BCUT2D eigenvalue weighted by molar-refractivity contribution is -0.143. The van der Waals surface area contributed by atoms with Crippen LogP contribution in [-0.2, 0) is 9.59 Å². The number of aryl methyl sites for hydroxylation is 2. The van der Waals surface area contributed by atoms with Crippen LogP contribution in [-0.4, -0.2) is 16.7 Å². The van der Waals surface area contributed by atoms with Gasteiger partial charge in [0.1, 0.15) is 5.76 Å². The van der Waals surface area contributed by atoms with Crippen molar-refractivity contribution in [2.45, 2.75) is 41.5 Å². The summed E-state index contributed by atoms with van der Waals surface area (Å²) in [6.45, 7) is 10.5. The normalized spacial score (nSPS) is 18.5. The number of ketones is 2. The number of carbonyl (C=O) groups excluding carboxylic acids is 2. The first-order valence-electron chi connectivity index (χ1n) is 9.30. The Labute approximate surface area is 171 Å². The van der Waals surface area contributed by atoms with Gasteiger partial charge in [0.2, 0.25) is 0 Å². The Bertz CT molecular complexity index is 1040. The maximum atomic E-state index is 13.2. The maximum absolute atomic E-state index is 13.2. The van der Waals surface area contributed by atoms with Gasteiger partial charge in [-0.05, 0) is 87.6 Å². The zero-order valence-electron chi connectivity index (χ0n) is 17.1. The van der Waals surface area contributed by atoms with E-state index in [4.69, 9.17) is 11.6 Å². The summed E-state index contributed by atoms with van der Waals surface area (Å²) in [6, 6.07) is 11.5. The Balaban J connectivity index is 2.29. The smallest absolute Gasteiger partial charge is 0.179 e. The van der Waals surface area contributed by atoms with Gasteiger partial charge in [-0.1, -0.05) is 29.8 Å². The van der Waals surface area contributed by atoms with E-state index in [9.17, 15) is 14.7 Å². The molecule has 2 aromatic carbocycles. The number of hydrogen-bond acceptors (Lipinski definition) is 3. The number of aliphatic hydroxyl groups is 1. The lowest BCUT2D eigenvalue weighted by atomic mass is 9.62. The fraction of sp³-hybridized carbons (Fsp3) is 0.333.